The third-order valence-corrected chi connectivity index (χ3v) is 4.54. The van der Waals surface area contributed by atoms with Crippen LogP contribution in [0.5, 0.6) is 5.88 Å². The maximum atomic E-state index is 11.1. The lowest BCUT2D eigenvalue weighted by molar-refractivity contribution is 0.112. The van der Waals surface area contributed by atoms with Gasteiger partial charge in [0, 0.05) is 21.9 Å². The minimum Gasteiger partial charge on any atom is -0.493 e. The van der Waals surface area contributed by atoms with Crippen LogP contribution in [0.4, 0.5) is 11.4 Å². The quantitative estimate of drug-likeness (QED) is 0.326. The number of hydrogen-bond donors (Lipinski definition) is 3. The van der Waals surface area contributed by atoms with E-state index in [-0.39, 0.29) is 5.88 Å². The van der Waals surface area contributed by atoms with Crippen molar-refractivity contribution in [3.63, 3.8) is 0 Å². The molecular formula is C18H18N4O2S. The fourth-order valence-electron chi connectivity index (χ4n) is 2.28. The molecule has 0 atom stereocenters. The van der Waals surface area contributed by atoms with Gasteiger partial charge in [-0.1, -0.05) is 12.1 Å². The van der Waals surface area contributed by atoms with E-state index in [1.165, 1.54) is 11.9 Å². The molecule has 3 aromatic rings. The maximum absolute atomic E-state index is 11.1. The smallest absolute Gasteiger partial charge is 0.218 e. The number of hydrogen-bond acceptors (Lipinski definition) is 6. The number of azo groups is 1. The Morgan fingerprint density at radius 2 is 2.00 bits per heavy atom. The highest BCUT2D eigenvalue weighted by Crippen LogP contribution is 2.38. The van der Waals surface area contributed by atoms with Crippen LogP contribution in [0.25, 0.3) is 10.9 Å². The number of nitrogens with one attached hydrogen (secondary N) is 2. The van der Waals surface area contributed by atoms with Crippen LogP contribution in [0.3, 0.4) is 0 Å². The summed E-state index contributed by atoms with van der Waals surface area (Å²) in [6.07, 6.45) is 0.732. The summed E-state index contributed by atoms with van der Waals surface area (Å²) in [5.41, 5.74) is 2.02. The molecule has 1 aromatic heterocycles. The number of H-pyrrole nitrogens is 1. The number of benzene rings is 2. The highest BCUT2D eigenvalue weighted by molar-refractivity contribution is 7.97. The first-order valence-corrected chi connectivity index (χ1v) is 8.63. The molecule has 3 N–H and O–H groups in total. The van der Waals surface area contributed by atoms with Crippen molar-refractivity contribution in [1.29, 1.82) is 0 Å². The number of aromatic nitrogens is 1. The van der Waals surface area contributed by atoms with Gasteiger partial charge in [0.1, 0.15) is 0 Å². The lowest BCUT2D eigenvalue weighted by Gasteiger charge is -2.06. The van der Waals surface area contributed by atoms with Crippen LogP contribution in [-0.2, 0) is 0 Å². The molecule has 1 heterocycles. The number of aromatic hydroxyl groups is 1. The summed E-state index contributed by atoms with van der Waals surface area (Å²) >= 11 is 1.52. The monoisotopic (exact) mass is 354 g/mol. The standard InChI is InChI=1S/C18H18N4O2S/c1-11(2)22-25-13-7-8-16-14(9-13)17(18(24)19-16)21-20-15-6-4-3-5-12(15)10-23/h3-11,19,22,24H,1-2H3. The zero-order valence-corrected chi connectivity index (χ0v) is 14.7. The van der Waals surface area contributed by atoms with E-state index in [1.54, 1.807) is 24.3 Å². The second kappa shape index (κ2) is 7.50. The first-order chi connectivity index (χ1) is 12.1. The number of fused-ring (bicyclic) bond motifs is 1. The molecule has 2 aromatic carbocycles. The highest BCUT2D eigenvalue weighted by atomic mass is 32.2. The second-order valence-electron chi connectivity index (χ2n) is 5.78. The molecule has 0 saturated heterocycles. The fraction of sp³-hybridized carbons (Fsp3) is 0.167. The van der Waals surface area contributed by atoms with Gasteiger partial charge in [-0.25, -0.2) is 0 Å². The van der Waals surface area contributed by atoms with Gasteiger partial charge in [-0.05, 0) is 56.1 Å². The summed E-state index contributed by atoms with van der Waals surface area (Å²) < 4.78 is 3.28. The third kappa shape index (κ3) is 3.89. The van der Waals surface area contributed by atoms with Crippen molar-refractivity contribution >= 4 is 40.5 Å². The Hall–Kier alpha value is -2.64. The highest BCUT2D eigenvalue weighted by Gasteiger charge is 2.12. The molecule has 25 heavy (non-hydrogen) atoms. The molecule has 0 bridgehead atoms. The molecule has 0 aliphatic heterocycles. The molecule has 128 valence electrons. The second-order valence-corrected chi connectivity index (χ2v) is 6.69. The number of nitrogens with zero attached hydrogens (tertiary/aromatic N) is 2. The molecule has 0 unspecified atom stereocenters. The van der Waals surface area contributed by atoms with Crippen LogP contribution >= 0.6 is 11.9 Å². The largest absolute Gasteiger partial charge is 0.493 e. The Morgan fingerprint density at radius 1 is 1.20 bits per heavy atom. The van der Waals surface area contributed by atoms with E-state index in [0.29, 0.717) is 23.0 Å². The van der Waals surface area contributed by atoms with Crippen LogP contribution in [-0.4, -0.2) is 22.4 Å². The van der Waals surface area contributed by atoms with E-state index in [9.17, 15) is 9.90 Å². The van der Waals surface area contributed by atoms with Crippen molar-refractivity contribution in [3.8, 4) is 5.88 Å². The predicted octanol–water partition coefficient (Wildman–Crippen LogP) is 5.11. The van der Waals surface area contributed by atoms with Gasteiger partial charge >= 0.3 is 0 Å². The number of carbonyl (C=O) groups excluding carboxylic acids is 1. The van der Waals surface area contributed by atoms with Crippen molar-refractivity contribution in [2.75, 3.05) is 0 Å². The molecule has 6 nitrogen and oxygen atoms in total. The van der Waals surface area contributed by atoms with Crippen LogP contribution in [0.2, 0.25) is 0 Å². The molecule has 0 aliphatic carbocycles. The summed E-state index contributed by atoms with van der Waals surface area (Å²) in [4.78, 5) is 15.0. The first kappa shape index (κ1) is 17.2. The van der Waals surface area contributed by atoms with E-state index >= 15 is 0 Å². The van der Waals surface area contributed by atoms with Crippen LogP contribution in [0.15, 0.2) is 57.6 Å². The van der Waals surface area contributed by atoms with Gasteiger partial charge in [0.05, 0.1) is 11.2 Å². The van der Waals surface area contributed by atoms with E-state index in [4.69, 9.17) is 0 Å². The van der Waals surface area contributed by atoms with E-state index in [0.717, 1.165) is 22.1 Å². The van der Waals surface area contributed by atoms with E-state index in [2.05, 4.69) is 33.8 Å². The van der Waals surface area contributed by atoms with Crippen molar-refractivity contribution in [2.24, 2.45) is 10.2 Å². The molecule has 0 amide bonds. The van der Waals surface area contributed by atoms with Gasteiger partial charge in [-0.3, -0.25) is 9.52 Å². The number of carbonyl (C=O) groups is 1. The number of aldehydes is 1. The normalized spacial score (nSPS) is 11.6. The van der Waals surface area contributed by atoms with Gasteiger partial charge < -0.3 is 10.1 Å². The molecule has 0 radical (unpaired) electrons. The van der Waals surface area contributed by atoms with Crippen molar-refractivity contribution in [3.05, 3.63) is 48.0 Å². The fourth-order valence-corrected chi connectivity index (χ4v) is 2.96. The minimum atomic E-state index is -0.0543. The van der Waals surface area contributed by atoms with Crippen LogP contribution in [0, 0.1) is 0 Å². The Bertz CT molecular complexity index is 934. The van der Waals surface area contributed by atoms with Gasteiger partial charge in [-0.2, -0.15) is 0 Å². The SMILES string of the molecule is CC(C)NSc1ccc2[nH]c(O)c(N=Nc3ccccc3C=O)c2c1. The van der Waals surface area contributed by atoms with E-state index < -0.39 is 0 Å². The zero-order valence-electron chi connectivity index (χ0n) is 13.9. The molecule has 0 saturated carbocycles. The Balaban J connectivity index is 1.97. The molecule has 0 aliphatic rings. The Morgan fingerprint density at radius 3 is 2.76 bits per heavy atom. The summed E-state index contributed by atoms with van der Waals surface area (Å²) in [6.45, 7) is 4.13. The van der Waals surface area contributed by atoms with Gasteiger partial charge in [0.2, 0.25) is 5.88 Å². The maximum Gasteiger partial charge on any atom is 0.218 e. The average Bonchev–Trinajstić information content (AvgIpc) is 2.93. The lowest BCUT2D eigenvalue weighted by atomic mass is 10.2. The molecule has 3 rings (SSSR count). The lowest BCUT2D eigenvalue weighted by Crippen LogP contribution is -2.13. The molecule has 0 fully saturated rings. The molecule has 0 spiro atoms. The summed E-state index contributed by atoms with van der Waals surface area (Å²) in [5.74, 6) is -0.0543. The van der Waals surface area contributed by atoms with Crippen LogP contribution in [0.1, 0.15) is 24.2 Å². The van der Waals surface area contributed by atoms with Crippen molar-refractivity contribution in [1.82, 2.24) is 9.71 Å². The molecule has 7 heteroatoms. The van der Waals surface area contributed by atoms with Crippen molar-refractivity contribution < 1.29 is 9.90 Å². The van der Waals surface area contributed by atoms with E-state index in [1.807, 2.05) is 18.2 Å². The number of aromatic amines is 1. The molecular weight excluding hydrogens is 336 g/mol. The predicted molar refractivity (Wildman–Crippen MR) is 100 cm³/mol. The van der Waals surface area contributed by atoms with Gasteiger partial charge in [0.15, 0.2) is 12.0 Å². The minimum absolute atomic E-state index is 0.0543. The van der Waals surface area contributed by atoms with Crippen LogP contribution < -0.4 is 4.72 Å². The topological polar surface area (TPSA) is 89.8 Å². The third-order valence-electron chi connectivity index (χ3n) is 3.46. The van der Waals surface area contributed by atoms with Gasteiger partial charge in [-0.15, -0.1) is 10.2 Å². The average molecular weight is 354 g/mol. The summed E-state index contributed by atoms with van der Waals surface area (Å²) in [5, 5.41) is 19.2. The summed E-state index contributed by atoms with van der Waals surface area (Å²) in [7, 11) is 0. The Kier molecular flexibility index (Phi) is 5.16. The first-order valence-electron chi connectivity index (χ1n) is 7.81. The zero-order chi connectivity index (χ0) is 17.8. The number of rotatable bonds is 6. The Labute approximate surface area is 149 Å². The van der Waals surface area contributed by atoms with Crippen molar-refractivity contribution in [2.45, 2.75) is 24.8 Å². The van der Waals surface area contributed by atoms with Gasteiger partial charge in [0.25, 0.3) is 0 Å². The summed E-state index contributed by atoms with van der Waals surface area (Å²) in [6, 6.07) is 13.0.